The number of hydrogen-bond donors (Lipinski definition) is 3. The Balaban J connectivity index is 1.54. The summed E-state index contributed by atoms with van der Waals surface area (Å²) < 4.78 is 18.6. The van der Waals surface area contributed by atoms with E-state index in [9.17, 15) is 9.18 Å². The second-order valence-corrected chi connectivity index (χ2v) is 6.65. The fourth-order valence-electron chi connectivity index (χ4n) is 3.30. The fourth-order valence-corrected chi connectivity index (χ4v) is 3.30. The number of amides is 1. The highest BCUT2D eigenvalue weighted by Gasteiger charge is 2.43. The van der Waals surface area contributed by atoms with Gasteiger partial charge >= 0.3 is 0 Å². The highest BCUT2D eigenvalue weighted by molar-refractivity contribution is 6.00. The summed E-state index contributed by atoms with van der Waals surface area (Å²) in [6.07, 6.45) is 2.87. The lowest BCUT2D eigenvalue weighted by molar-refractivity contribution is -0.117. The average Bonchev–Trinajstić information content (AvgIpc) is 3.07. The number of halogens is 1. The molecular weight excluding hydrogens is 349 g/mol. The van der Waals surface area contributed by atoms with Gasteiger partial charge in [-0.25, -0.2) is 9.37 Å². The summed E-state index contributed by atoms with van der Waals surface area (Å²) in [6.45, 7) is 0. The van der Waals surface area contributed by atoms with Crippen molar-refractivity contribution in [2.24, 2.45) is 5.92 Å². The first-order valence-electron chi connectivity index (χ1n) is 8.58. The van der Waals surface area contributed by atoms with Gasteiger partial charge in [-0.3, -0.25) is 9.89 Å². The fraction of sp³-hybridized carbons (Fsp3) is 0.211. The summed E-state index contributed by atoms with van der Waals surface area (Å²) in [5.41, 5.74) is 3.37. The van der Waals surface area contributed by atoms with Gasteiger partial charge in [-0.15, -0.1) is 0 Å². The van der Waals surface area contributed by atoms with E-state index in [2.05, 4.69) is 25.5 Å². The molecule has 1 fully saturated rings. The van der Waals surface area contributed by atoms with Crippen molar-refractivity contribution in [2.75, 3.05) is 12.4 Å². The quantitative estimate of drug-likeness (QED) is 0.516. The maximum Gasteiger partial charge on any atom is 0.231 e. The molecule has 1 aliphatic rings. The zero-order chi connectivity index (χ0) is 18.5. The van der Waals surface area contributed by atoms with Gasteiger partial charge in [-0.1, -0.05) is 0 Å². The number of aromatic nitrogens is 4. The van der Waals surface area contributed by atoms with Crippen LogP contribution in [0.25, 0.3) is 33.1 Å². The van der Waals surface area contributed by atoms with Gasteiger partial charge < -0.3 is 15.0 Å². The van der Waals surface area contributed by atoms with Crippen LogP contribution in [-0.4, -0.2) is 39.4 Å². The number of methoxy groups -OCH3 is 1. The molecule has 0 spiro atoms. The average molecular weight is 365 g/mol. The lowest BCUT2D eigenvalue weighted by Crippen LogP contribution is -2.15. The van der Waals surface area contributed by atoms with Crippen molar-refractivity contribution >= 4 is 33.7 Å². The third-order valence-electron chi connectivity index (χ3n) is 4.89. The number of hydrogen-bond acceptors (Lipinski definition) is 4. The van der Waals surface area contributed by atoms with Crippen LogP contribution in [0.3, 0.4) is 0 Å². The van der Waals surface area contributed by atoms with E-state index < -0.39 is 12.1 Å². The van der Waals surface area contributed by atoms with E-state index in [1.807, 2.05) is 24.4 Å². The first-order chi connectivity index (χ1) is 13.1. The molecule has 0 saturated heterocycles. The molecule has 8 heteroatoms. The van der Waals surface area contributed by atoms with Crippen LogP contribution in [0.5, 0.6) is 5.75 Å². The SMILES string of the molecule is COc1cc2[nH]ncc2cc1-c1c[nH]c2nc(NC(=O)[C@H]3C[C@H]3F)ccc12. The molecule has 0 bridgehead atoms. The Morgan fingerprint density at radius 2 is 2.19 bits per heavy atom. The second kappa shape index (κ2) is 5.80. The molecule has 2 atom stereocenters. The second-order valence-electron chi connectivity index (χ2n) is 6.65. The van der Waals surface area contributed by atoms with E-state index >= 15 is 0 Å². The molecule has 1 aromatic carbocycles. The molecule has 5 rings (SSSR count). The van der Waals surface area contributed by atoms with Crippen LogP contribution >= 0.6 is 0 Å². The zero-order valence-electron chi connectivity index (χ0n) is 14.4. The van der Waals surface area contributed by atoms with E-state index in [4.69, 9.17) is 4.74 Å². The van der Waals surface area contributed by atoms with Crippen molar-refractivity contribution in [2.45, 2.75) is 12.6 Å². The number of fused-ring (bicyclic) bond motifs is 2. The van der Waals surface area contributed by atoms with Gasteiger partial charge in [0.05, 0.1) is 24.7 Å². The summed E-state index contributed by atoms with van der Waals surface area (Å²) in [4.78, 5) is 19.5. The third kappa shape index (κ3) is 2.61. The minimum Gasteiger partial charge on any atom is -0.496 e. The monoisotopic (exact) mass is 365 g/mol. The summed E-state index contributed by atoms with van der Waals surface area (Å²) in [5.74, 6) is 0.242. The van der Waals surface area contributed by atoms with E-state index in [-0.39, 0.29) is 12.3 Å². The molecule has 3 aromatic heterocycles. The summed E-state index contributed by atoms with van der Waals surface area (Å²) in [6, 6.07) is 7.50. The van der Waals surface area contributed by atoms with Crippen LogP contribution in [0.15, 0.2) is 36.7 Å². The van der Waals surface area contributed by atoms with Crippen molar-refractivity contribution in [1.82, 2.24) is 20.2 Å². The highest BCUT2D eigenvalue weighted by atomic mass is 19.1. The predicted molar refractivity (Wildman–Crippen MR) is 99.4 cm³/mol. The Morgan fingerprint density at radius 3 is 2.96 bits per heavy atom. The maximum atomic E-state index is 13.0. The van der Waals surface area contributed by atoms with Crippen LogP contribution in [0.1, 0.15) is 6.42 Å². The first kappa shape index (κ1) is 15.8. The van der Waals surface area contributed by atoms with E-state index in [1.165, 1.54) is 0 Å². The van der Waals surface area contributed by atoms with Gasteiger partial charge in [-0.2, -0.15) is 5.10 Å². The lowest BCUT2D eigenvalue weighted by Gasteiger charge is -2.08. The maximum absolute atomic E-state index is 13.0. The number of carbonyl (C=O) groups excluding carboxylic acids is 1. The normalized spacial score (nSPS) is 18.7. The molecule has 1 aliphatic carbocycles. The Morgan fingerprint density at radius 1 is 1.33 bits per heavy atom. The van der Waals surface area contributed by atoms with Crippen molar-refractivity contribution in [1.29, 1.82) is 0 Å². The summed E-state index contributed by atoms with van der Waals surface area (Å²) in [7, 11) is 1.62. The number of benzene rings is 1. The van der Waals surface area contributed by atoms with E-state index in [1.54, 1.807) is 19.4 Å². The Labute approximate surface area is 152 Å². The first-order valence-corrected chi connectivity index (χ1v) is 8.58. The topological polar surface area (TPSA) is 95.7 Å². The van der Waals surface area contributed by atoms with Crippen LogP contribution in [-0.2, 0) is 4.79 Å². The summed E-state index contributed by atoms with van der Waals surface area (Å²) >= 11 is 0. The van der Waals surface area contributed by atoms with Crippen LogP contribution < -0.4 is 10.1 Å². The molecule has 3 N–H and O–H groups in total. The van der Waals surface area contributed by atoms with Crippen molar-refractivity contribution < 1.29 is 13.9 Å². The minimum atomic E-state index is -1.03. The molecule has 27 heavy (non-hydrogen) atoms. The molecule has 1 amide bonds. The Bertz CT molecular complexity index is 1180. The molecule has 4 aromatic rings. The third-order valence-corrected chi connectivity index (χ3v) is 4.89. The number of carbonyl (C=O) groups is 1. The van der Waals surface area contributed by atoms with Gasteiger partial charge in [0.25, 0.3) is 0 Å². The zero-order valence-corrected chi connectivity index (χ0v) is 14.4. The molecule has 1 saturated carbocycles. The van der Waals surface area contributed by atoms with E-state index in [0.717, 1.165) is 27.4 Å². The number of pyridine rings is 1. The number of nitrogens with one attached hydrogen (secondary N) is 3. The van der Waals surface area contributed by atoms with Gasteiger partial charge in [0.2, 0.25) is 5.91 Å². The highest BCUT2D eigenvalue weighted by Crippen LogP contribution is 2.38. The molecule has 3 heterocycles. The number of aromatic amines is 2. The number of nitrogens with zero attached hydrogens (tertiary/aromatic N) is 2. The molecular formula is C19H16FN5O2. The Hall–Kier alpha value is -3.42. The predicted octanol–water partition coefficient (Wildman–Crippen LogP) is 3.41. The lowest BCUT2D eigenvalue weighted by atomic mass is 10.0. The largest absolute Gasteiger partial charge is 0.496 e. The number of alkyl halides is 1. The van der Waals surface area contributed by atoms with Gasteiger partial charge in [0.1, 0.15) is 23.4 Å². The van der Waals surface area contributed by atoms with E-state index in [0.29, 0.717) is 17.2 Å². The van der Waals surface area contributed by atoms with Crippen LogP contribution in [0, 0.1) is 5.92 Å². The standard InChI is InChI=1S/C19H16FN5O2/c1-27-16-6-15-9(7-22-25-15)4-11(16)13-8-21-18-10(13)2-3-17(23-18)24-19(26)12-5-14(12)20/h2-4,6-8,12,14H,5H2,1H3,(H,22,25)(H2,21,23,24,26)/t12-,14+/m0/s1. The van der Waals surface area contributed by atoms with Crippen LogP contribution in [0.4, 0.5) is 10.2 Å². The Kier molecular flexibility index (Phi) is 3.40. The van der Waals surface area contributed by atoms with Crippen molar-refractivity contribution in [3.05, 3.63) is 36.7 Å². The minimum absolute atomic E-state index is 0.289. The van der Waals surface area contributed by atoms with Gasteiger partial charge in [-0.05, 0) is 24.6 Å². The molecule has 136 valence electrons. The molecule has 0 unspecified atom stereocenters. The smallest absolute Gasteiger partial charge is 0.231 e. The number of H-pyrrole nitrogens is 2. The summed E-state index contributed by atoms with van der Waals surface area (Å²) in [5, 5.41) is 11.5. The van der Waals surface area contributed by atoms with Gasteiger partial charge in [0.15, 0.2) is 0 Å². The van der Waals surface area contributed by atoms with Crippen molar-refractivity contribution in [3.8, 4) is 16.9 Å². The number of anilines is 1. The van der Waals surface area contributed by atoms with Crippen LogP contribution in [0.2, 0.25) is 0 Å². The van der Waals surface area contributed by atoms with Crippen molar-refractivity contribution in [3.63, 3.8) is 0 Å². The number of ether oxygens (including phenoxy) is 1. The molecule has 0 aliphatic heterocycles. The van der Waals surface area contributed by atoms with Gasteiger partial charge in [0, 0.05) is 34.2 Å². The molecule has 7 nitrogen and oxygen atoms in total. The number of rotatable bonds is 4. The molecule has 0 radical (unpaired) electrons.